The molecule has 0 aliphatic rings. The molecule has 0 atom stereocenters. The molecule has 2 aromatic heterocycles. The SMILES string of the molecule is Cc1c(NC(=O)c2ccc(C(C)(C)C)cc2)cccc1-c1cn(C)c(=O)c(Nc2ccc(O)nc2)n1. The number of anilines is 3. The second-order valence-corrected chi connectivity index (χ2v) is 9.68. The van der Waals surface area contributed by atoms with Crippen LogP contribution in [-0.4, -0.2) is 25.5 Å². The summed E-state index contributed by atoms with van der Waals surface area (Å²) in [5.74, 6) is -0.198. The average molecular weight is 484 g/mol. The van der Waals surface area contributed by atoms with Crippen molar-refractivity contribution in [1.29, 1.82) is 0 Å². The molecule has 1 amide bonds. The van der Waals surface area contributed by atoms with Crippen molar-refractivity contribution in [2.75, 3.05) is 10.6 Å². The van der Waals surface area contributed by atoms with Gasteiger partial charge in [-0.15, -0.1) is 0 Å². The number of nitrogens with one attached hydrogen (secondary N) is 2. The molecule has 0 fully saturated rings. The summed E-state index contributed by atoms with van der Waals surface area (Å²) < 4.78 is 1.44. The van der Waals surface area contributed by atoms with E-state index >= 15 is 0 Å². The van der Waals surface area contributed by atoms with E-state index in [1.54, 1.807) is 19.3 Å². The van der Waals surface area contributed by atoms with Crippen LogP contribution in [0.3, 0.4) is 0 Å². The van der Waals surface area contributed by atoms with E-state index in [0.717, 1.165) is 16.7 Å². The van der Waals surface area contributed by atoms with Gasteiger partial charge in [0.05, 0.1) is 17.6 Å². The number of rotatable bonds is 5. The monoisotopic (exact) mass is 483 g/mol. The first kappa shape index (κ1) is 24.7. The van der Waals surface area contributed by atoms with Crippen LogP contribution in [0.25, 0.3) is 11.3 Å². The molecule has 0 saturated heterocycles. The maximum absolute atomic E-state index is 12.9. The van der Waals surface area contributed by atoms with E-state index in [1.807, 2.05) is 49.4 Å². The van der Waals surface area contributed by atoms with E-state index in [-0.39, 0.29) is 28.6 Å². The Hall–Kier alpha value is -4.46. The largest absolute Gasteiger partial charge is 0.493 e. The molecule has 4 rings (SSSR count). The summed E-state index contributed by atoms with van der Waals surface area (Å²) in [6.07, 6.45) is 3.07. The van der Waals surface area contributed by atoms with Gasteiger partial charge in [0.1, 0.15) is 0 Å². The molecule has 8 nitrogen and oxygen atoms in total. The van der Waals surface area contributed by atoms with E-state index in [4.69, 9.17) is 0 Å². The second kappa shape index (κ2) is 9.65. The van der Waals surface area contributed by atoms with Crippen LogP contribution in [0.15, 0.2) is 71.8 Å². The first-order chi connectivity index (χ1) is 17.0. The van der Waals surface area contributed by atoms with E-state index < -0.39 is 0 Å². The Morgan fingerprint density at radius 3 is 2.39 bits per heavy atom. The van der Waals surface area contributed by atoms with E-state index in [9.17, 15) is 14.7 Å². The minimum absolute atomic E-state index is 0.00914. The number of carbonyl (C=O) groups excluding carboxylic acids is 1. The van der Waals surface area contributed by atoms with Crippen molar-refractivity contribution in [3.8, 4) is 17.1 Å². The van der Waals surface area contributed by atoms with Gasteiger partial charge >= 0.3 is 0 Å². The summed E-state index contributed by atoms with van der Waals surface area (Å²) in [6, 6.07) is 16.2. The van der Waals surface area contributed by atoms with Gasteiger partial charge in [-0.2, -0.15) is 0 Å². The van der Waals surface area contributed by atoms with Crippen LogP contribution in [0.2, 0.25) is 0 Å². The predicted octanol–water partition coefficient (Wildman–Crippen LogP) is 5.15. The summed E-state index contributed by atoms with van der Waals surface area (Å²) in [5, 5.41) is 15.4. The lowest BCUT2D eigenvalue weighted by Gasteiger charge is -2.19. The zero-order valence-corrected chi connectivity index (χ0v) is 21.0. The fraction of sp³-hybridized carbons (Fsp3) is 0.214. The lowest BCUT2D eigenvalue weighted by Crippen LogP contribution is -2.21. The first-order valence-corrected chi connectivity index (χ1v) is 11.5. The Morgan fingerprint density at radius 2 is 1.75 bits per heavy atom. The smallest absolute Gasteiger partial charge is 0.293 e. The number of aromatic hydroxyl groups is 1. The van der Waals surface area contributed by atoms with E-state index in [0.29, 0.717) is 22.6 Å². The number of benzene rings is 2. The Balaban J connectivity index is 1.63. The average Bonchev–Trinajstić information content (AvgIpc) is 2.84. The Labute approximate surface area is 209 Å². The fourth-order valence-electron chi connectivity index (χ4n) is 3.78. The van der Waals surface area contributed by atoms with Crippen LogP contribution in [0.1, 0.15) is 42.3 Å². The van der Waals surface area contributed by atoms with Crippen LogP contribution >= 0.6 is 0 Å². The van der Waals surface area contributed by atoms with E-state index in [2.05, 4.69) is 41.4 Å². The number of pyridine rings is 1. The molecule has 0 aliphatic carbocycles. The normalized spacial score (nSPS) is 11.2. The van der Waals surface area contributed by atoms with Gasteiger partial charge in [-0.3, -0.25) is 9.59 Å². The number of aromatic nitrogens is 3. The lowest BCUT2D eigenvalue weighted by atomic mass is 9.86. The number of nitrogens with zero attached hydrogens (tertiary/aromatic N) is 3. The summed E-state index contributed by atoms with van der Waals surface area (Å²) in [6.45, 7) is 8.30. The third kappa shape index (κ3) is 5.27. The topological polar surface area (TPSA) is 109 Å². The zero-order valence-electron chi connectivity index (χ0n) is 21.0. The highest BCUT2D eigenvalue weighted by Crippen LogP contribution is 2.29. The van der Waals surface area contributed by atoms with Crippen molar-refractivity contribution >= 4 is 23.1 Å². The quantitative estimate of drug-likeness (QED) is 0.362. The van der Waals surface area contributed by atoms with Gasteiger partial charge in [-0.25, -0.2) is 9.97 Å². The molecule has 36 heavy (non-hydrogen) atoms. The van der Waals surface area contributed by atoms with Gasteiger partial charge in [0.25, 0.3) is 11.5 Å². The van der Waals surface area contributed by atoms with Gasteiger partial charge in [0.2, 0.25) is 5.88 Å². The minimum atomic E-state index is -0.312. The molecule has 0 spiro atoms. The first-order valence-electron chi connectivity index (χ1n) is 11.5. The summed E-state index contributed by atoms with van der Waals surface area (Å²) >= 11 is 0. The molecular weight excluding hydrogens is 454 g/mol. The summed E-state index contributed by atoms with van der Waals surface area (Å²) in [4.78, 5) is 34.0. The third-order valence-corrected chi connectivity index (χ3v) is 5.95. The van der Waals surface area contributed by atoms with Crippen LogP contribution in [0, 0.1) is 6.92 Å². The van der Waals surface area contributed by atoms with Crippen molar-refractivity contribution < 1.29 is 9.90 Å². The number of amides is 1. The number of aryl methyl sites for hydroxylation is 1. The third-order valence-electron chi connectivity index (χ3n) is 5.95. The zero-order chi connectivity index (χ0) is 26.0. The molecule has 2 heterocycles. The molecular formula is C28H29N5O3. The maximum Gasteiger partial charge on any atom is 0.293 e. The van der Waals surface area contributed by atoms with Crippen molar-refractivity contribution in [2.24, 2.45) is 7.05 Å². The maximum atomic E-state index is 12.9. The molecule has 8 heteroatoms. The minimum Gasteiger partial charge on any atom is -0.493 e. The van der Waals surface area contributed by atoms with Gasteiger partial charge in [-0.05, 0) is 47.7 Å². The highest BCUT2D eigenvalue weighted by molar-refractivity contribution is 6.05. The van der Waals surface area contributed by atoms with Gasteiger partial charge in [0.15, 0.2) is 5.82 Å². The van der Waals surface area contributed by atoms with Crippen molar-refractivity contribution in [3.63, 3.8) is 0 Å². The van der Waals surface area contributed by atoms with Crippen LogP contribution < -0.4 is 16.2 Å². The second-order valence-electron chi connectivity index (χ2n) is 9.68. The fourth-order valence-corrected chi connectivity index (χ4v) is 3.78. The standard InChI is InChI=1S/C28H29N5O3/c1-17-21(23-16-33(5)27(36)25(31-23)30-20-13-14-24(34)29-15-20)7-6-8-22(17)32-26(35)18-9-11-19(12-10-18)28(2,3)4/h6-16H,1-5H3,(H,29,34)(H,30,31)(H,32,35). The number of hydrogen-bond donors (Lipinski definition) is 3. The van der Waals surface area contributed by atoms with Gasteiger partial charge in [-0.1, -0.05) is 45.0 Å². The Kier molecular flexibility index (Phi) is 6.61. The van der Waals surface area contributed by atoms with Crippen LogP contribution in [0.4, 0.5) is 17.2 Å². The molecule has 2 aromatic carbocycles. The van der Waals surface area contributed by atoms with Gasteiger partial charge < -0.3 is 20.3 Å². The number of hydrogen-bond acceptors (Lipinski definition) is 6. The van der Waals surface area contributed by atoms with E-state index in [1.165, 1.54) is 16.8 Å². The highest BCUT2D eigenvalue weighted by atomic mass is 16.3. The number of carbonyl (C=O) groups is 1. The summed E-state index contributed by atoms with van der Waals surface area (Å²) in [5.41, 5.74) is 4.76. The van der Waals surface area contributed by atoms with Crippen molar-refractivity contribution in [2.45, 2.75) is 33.1 Å². The molecule has 4 aromatic rings. The lowest BCUT2D eigenvalue weighted by molar-refractivity contribution is 0.102. The molecule has 184 valence electrons. The molecule has 0 unspecified atom stereocenters. The Morgan fingerprint density at radius 1 is 1.03 bits per heavy atom. The molecule has 3 N–H and O–H groups in total. The molecule has 0 bridgehead atoms. The van der Waals surface area contributed by atoms with Gasteiger partial charge in [0, 0.05) is 36.1 Å². The van der Waals surface area contributed by atoms with Crippen molar-refractivity contribution in [3.05, 3.63) is 94.0 Å². The molecule has 0 saturated carbocycles. The Bertz CT molecular complexity index is 1470. The highest BCUT2D eigenvalue weighted by Gasteiger charge is 2.16. The summed E-state index contributed by atoms with van der Waals surface area (Å²) in [7, 11) is 1.65. The van der Waals surface area contributed by atoms with Crippen LogP contribution in [-0.2, 0) is 12.5 Å². The predicted molar refractivity (Wildman–Crippen MR) is 142 cm³/mol. The van der Waals surface area contributed by atoms with Crippen LogP contribution in [0.5, 0.6) is 5.88 Å². The molecule has 0 aliphatic heterocycles. The molecule has 0 radical (unpaired) electrons. The van der Waals surface area contributed by atoms with Crippen molar-refractivity contribution in [1.82, 2.24) is 14.5 Å².